The highest BCUT2D eigenvalue weighted by Crippen LogP contribution is 2.26. The fourth-order valence-corrected chi connectivity index (χ4v) is 1.48. The lowest BCUT2D eigenvalue weighted by Crippen LogP contribution is -1.87. The molecule has 1 aromatic heterocycles. The zero-order valence-electron chi connectivity index (χ0n) is 7.74. The second-order valence-corrected chi connectivity index (χ2v) is 3.01. The standard InChI is InChI=1S/C11H11NO/c1-8-3-4-11(13-2)9-5-6-12-7-10(8)9/h3-7H,1-2H3. The molecule has 0 saturated heterocycles. The van der Waals surface area contributed by atoms with Gasteiger partial charge in [-0.05, 0) is 24.6 Å². The third-order valence-corrected chi connectivity index (χ3v) is 2.22. The van der Waals surface area contributed by atoms with Crippen LogP contribution in [0.4, 0.5) is 0 Å². The van der Waals surface area contributed by atoms with E-state index in [1.165, 1.54) is 5.56 Å². The summed E-state index contributed by atoms with van der Waals surface area (Å²) in [6.45, 7) is 2.07. The van der Waals surface area contributed by atoms with Gasteiger partial charge in [0.15, 0.2) is 0 Å². The minimum absolute atomic E-state index is 0.906. The molecule has 0 bridgehead atoms. The van der Waals surface area contributed by atoms with Crippen LogP contribution in [0.2, 0.25) is 0 Å². The Balaban J connectivity index is 2.84. The lowest BCUT2D eigenvalue weighted by molar-refractivity contribution is 0.419. The maximum atomic E-state index is 5.25. The van der Waals surface area contributed by atoms with Crippen molar-refractivity contribution >= 4 is 10.8 Å². The highest BCUT2D eigenvalue weighted by atomic mass is 16.5. The Bertz CT molecular complexity index is 437. The molecule has 1 aromatic carbocycles. The predicted molar refractivity (Wildman–Crippen MR) is 53.0 cm³/mol. The van der Waals surface area contributed by atoms with Crippen LogP contribution in [0.5, 0.6) is 5.75 Å². The summed E-state index contributed by atoms with van der Waals surface area (Å²) in [6.07, 6.45) is 3.65. The highest BCUT2D eigenvalue weighted by Gasteiger charge is 2.02. The molecule has 0 fully saturated rings. The summed E-state index contributed by atoms with van der Waals surface area (Å²) in [7, 11) is 1.69. The van der Waals surface area contributed by atoms with Gasteiger partial charge in [-0.25, -0.2) is 0 Å². The van der Waals surface area contributed by atoms with Gasteiger partial charge in [0.05, 0.1) is 7.11 Å². The first kappa shape index (κ1) is 8.05. The summed E-state index contributed by atoms with van der Waals surface area (Å²) in [4.78, 5) is 4.09. The summed E-state index contributed by atoms with van der Waals surface area (Å²) in [5.74, 6) is 0.906. The molecular formula is C11H11NO. The van der Waals surface area contributed by atoms with E-state index in [4.69, 9.17) is 4.74 Å². The Kier molecular flexibility index (Phi) is 1.89. The highest BCUT2D eigenvalue weighted by molar-refractivity contribution is 5.90. The number of methoxy groups -OCH3 is 1. The van der Waals surface area contributed by atoms with Crippen LogP contribution in [0.1, 0.15) is 5.56 Å². The van der Waals surface area contributed by atoms with E-state index in [1.807, 2.05) is 24.4 Å². The molecule has 0 amide bonds. The van der Waals surface area contributed by atoms with Gasteiger partial charge in [-0.2, -0.15) is 0 Å². The number of pyridine rings is 1. The Morgan fingerprint density at radius 2 is 2.00 bits per heavy atom. The molecule has 0 aliphatic heterocycles. The SMILES string of the molecule is COc1ccc(C)c2cnccc12. The van der Waals surface area contributed by atoms with E-state index in [0.29, 0.717) is 0 Å². The molecule has 2 heteroatoms. The van der Waals surface area contributed by atoms with Crippen molar-refractivity contribution in [1.29, 1.82) is 0 Å². The van der Waals surface area contributed by atoms with Crippen LogP contribution in [0, 0.1) is 6.92 Å². The first-order chi connectivity index (χ1) is 6.33. The molecule has 0 radical (unpaired) electrons. The average molecular weight is 173 g/mol. The lowest BCUT2D eigenvalue weighted by atomic mass is 10.1. The molecule has 0 N–H and O–H groups in total. The van der Waals surface area contributed by atoms with Gasteiger partial charge in [0.1, 0.15) is 5.75 Å². The minimum atomic E-state index is 0.906. The first-order valence-corrected chi connectivity index (χ1v) is 4.20. The fraction of sp³-hybridized carbons (Fsp3) is 0.182. The van der Waals surface area contributed by atoms with Gasteiger partial charge < -0.3 is 4.74 Å². The minimum Gasteiger partial charge on any atom is -0.496 e. The molecule has 2 nitrogen and oxygen atoms in total. The number of nitrogens with zero attached hydrogens (tertiary/aromatic N) is 1. The van der Waals surface area contributed by atoms with E-state index in [0.717, 1.165) is 16.5 Å². The second-order valence-electron chi connectivity index (χ2n) is 3.01. The van der Waals surface area contributed by atoms with Crippen LogP contribution in [-0.2, 0) is 0 Å². The summed E-state index contributed by atoms with van der Waals surface area (Å²) in [6, 6.07) is 6.00. The monoisotopic (exact) mass is 173 g/mol. The molecule has 0 aliphatic carbocycles. The van der Waals surface area contributed by atoms with E-state index >= 15 is 0 Å². The molecule has 66 valence electrons. The average Bonchev–Trinajstić information content (AvgIpc) is 2.19. The molecule has 0 spiro atoms. The van der Waals surface area contributed by atoms with Crippen LogP contribution in [0.15, 0.2) is 30.6 Å². The van der Waals surface area contributed by atoms with Gasteiger partial charge in [-0.1, -0.05) is 6.07 Å². The number of hydrogen-bond acceptors (Lipinski definition) is 2. The van der Waals surface area contributed by atoms with Crippen molar-refractivity contribution in [2.24, 2.45) is 0 Å². The first-order valence-electron chi connectivity index (χ1n) is 4.20. The summed E-state index contributed by atoms with van der Waals surface area (Å²) in [5.41, 5.74) is 1.23. The Hall–Kier alpha value is -1.57. The lowest BCUT2D eigenvalue weighted by Gasteiger charge is -2.06. The number of fused-ring (bicyclic) bond motifs is 1. The van der Waals surface area contributed by atoms with Gasteiger partial charge in [0, 0.05) is 23.2 Å². The molecule has 0 aliphatic rings. The zero-order chi connectivity index (χ0) is 9.26. The molecule has 0 atom stereocenters. The molecule has 0 saturated carbocycles. The largest absolute Gasteiger partial charge is 0.496 e. The number of ether oxygens (including phenoxy) is 1. The number of aryl methyl sites for hydroxylation is 1. The maximum absolute atomic E-state index is 5.25. The molecular weight excluding hydrogens is 162 g/mol. The molecule has 13 heavy (non-hydrogen) atoms. The third kappa shape index (κ3) is 1.24. The quantitative estimate of drug-likeness (QED) is 0.661. The van der Waals surface area contributed by atoms with Crippen LogP contribution in [-0.4, -0.2) is 12.1 Å². The molecule has 2 aromatic rings. The van der Waals surface area contributed by atoms with Gasteiger partial charge in [-0.15, -0.1) is 0 Å². The van der Waals surface area contributed by atoms with Crippen LogP contribution >= 0.6 is 0 Å². The van der Waals surface area contributed by atoms with Crippen LogP contribution in [0.25, 0.3) is 10.8 Å². The number of benzene rings is 1. The molecule has 2 rings (SSSR count). The van der Waals surface area contributed by atoms with Crippen molar-refractivity contribution in [2.45, 2.75) is 6.92 Å². The number of aromatic nitrogens is 1. The van der Waals surface area contributed by atoms with Crippen molar-refractivity contribution in [3.8, 4) is 5.75 Å². The van der Waals surface area contributed by atoms with E-state index in [1.54, 1.807) is 13.3 Å². The predicted octanol–water partition coefficient (Wildman–Crippen LogP) is 2.55. The zero-order valence-corrected chi connectivity index (χ0v) is 7.74. The van der Waals surface area contributed by atoms with Crippen molar-refractivity contribution in [2.75, 3.05) is 7.11 Å². The Morgan fingerprint density at radius 3 is 2.77 bits per heavy atom. The normalized spacial score (nSPS) is 10.3. The van der Waals surface area contributed by atoms with Crippen molar-refractivity contribution in [3.63, 3.8) is 0 Å². The summed E-state index contributed by atoms with van der Waals surface area (Å²) < 4.78 is 5.25. The van der Waals surface area contributed by atoms with Gasteiger partial charge in [0.25, 0.3) is 0 Å². The van der Waals surface area contributed by atoms with Crippen LogP contribution < -0.4 is 4.74 Å². The van der Waals surface area contributed by atoms with Crippen molar-refractivity contribution in [1.82, 2.24) is 4.98 Å². The van der Waals surface area contributed by atoms with Crippen molar-refractivity contribution < 1.29 is 4.74 Å². The van der Waals surface area contributed by atoms with Gasteiger partial charge in [0.2, 0.25) is 0 Å². The summed E-state index contributed by atoms with van der Waals surface area (Å²) in [5, 5.41) is 2.28. The smallest absolute Gasteiger partial charge is 0.126 e. The Labute approximate surface area is 77.2 Å². The molecule has 0 unspecified atom stereocenters. The maximum Gasteiger partial charge on any atom is 0.126 e. The van der Waals surface area contributed by atoms with Crippen molar-refractivity contribution in [3.05, 3.63) is 36.2 Å². The fourth-order valence-electron chi connectivity index (χ4n) is 1.48. The van der Waals surface area contributed by atoms with Gasteiger partial charge >= 0.3 is 0 Å². The van der Waals surface area contributed by atoms with E-state index < -0.39 is 0 Å². The van der Waals surface area contributed by atoms with Gasteiger partial charge in [-0.3, -0.25) is 4.98 Å². The van der Waals surface area contributed by atoms with E-state index in [9.17, 15) is 0 Å². The molecule has 1 heterocycles. The van der Waals surface area contributed by atoms with E-state index in [2.05, 4.69) is 11.9 Å². The third-order valence-electron chi connectivity index (χ3n) is 2.22. The number of rotatable bonds is 1. The van der Waals surface area contributed by atoms with Crippen LogP contribution in [0.3, 0.4) is 0 Å². The van der Waals surface area contributed by atoms with E-state index in [-0.39, 0.29) is 0 Å². The Morgan fingerprint density at radius 1 is 1.15 bits per heavy atom. The number of hydrogen-bond donors (Lipinski definition) is 0. The topological polar surface area (TPSA) is 22.1 Å². The second kappa shape index (κ2) is 3.05. The summed E-state index contributed by atoms with van der Waals surface area (Å²) >= 11 is 0.